The van der Waals surface area contributed by atoms with Crippen LogP contribution in [-0.2, 0) is 10.1 Å². The fraction of sp³-hybridized carbons (Fsp3) is 0.0476. The second kappa shape index (κ2) is 9.42. The Morgan fingerprint density at radius 3 is 2.40 bits per heavy atom. The first kappa shape index (κ1) is 22.0. The minimum absolute atomic E-state index is 0.0370. The molecule has 0 aliphatic rings. The molecule has 3 aromatic carbocycles. The molecule has 0 aliphatic heterocycles. The van der Waals surface area contributed by atoms with E-state index in [0.717, 1.165) is 5.56 Å². The fourth-order valence-corrected chi connectivity index (χ4v) is 3.85. The van der Waals surface area contributed by atoms with Gasteiger partial charge in [0.2, 0.25) is 0 Å². The van der Waals surface area contributed by atoms with E-state index in [4.69, 9.17) is 15.8 Å². The van der Waals surface area contributed by atoms with E-state index in [1.54, 1.807) is 48.5 Å². The first-order chi connectivity index (χ1) is 14.2. The summed E-state index contributed by atoms with van der Waals surface area (Å²) in [5, 5.41) is 4.42. The Labute approximate surface area is 187 Å². The van der Waals surface area contributed by atoms with E-state index in [9.17, 15) is 13.2 Å². The average Bonchev–Trinajstić information content (AvgIpc) is 2.70. The Hall–Kier alpha value is -2.68. The first-order valence-electron chi connectivity index (χ1n) is 8.64. The zero-order valence-corrected chi connectivity index (χ0v) is 18.8. The van der Waals surface area contributed by atoms with E-state index in [2.05, 4.69) is 26.5 Å². The van der Waals surface area contributed by atoms with Crippen molar-refractivity contribution in [3.05, 3.63) is 92.9 Å². The number of benzene rings is 3. The highest BCUT2D eigenvalue weighted by molar-refractivity contribution is 9.10. The summed E-state index contributed by atoms with van der Waals surface area (Å²) in [6.07, 6.45) is 1.30. The highest BCUT2D eigenvalue weighted by Crippen LogP contribution is 2.25. The lowest BCUT2D eigenvalue weighted by atomic mass is 10.2. The van der Waals surface area contributed by atoms with Crippen LogP contribution in [0.2, 0.25) is 5.02 Å². The maximum absolute atomic E-state index is 12.6. The summed E-state index contributed by atoms with van der Waals surface area (Å²) in [4.78, 5) is 12.2. The number of carbonyl (C=O) groups is 1. The van der Waals surface area contributed by atoms with Crippen LogP contribution in [-0.4, -0.2) is 20.5 Å². The third-order valence-electron chi connectivity index (χ3n) is 3.96. The molecule has 9 heteroatoms. The molecule has 0 saturated heterocycles. The van der Waals surface area contributed by atoms with Gasteiger partial charge in [-0.15, -0.1) is 0 Å². The van der Waals surface area contributed by atoms with Crippen molar-refractivity contribution in [1.82, 2.24) is 5.43 Å². The highest BCUT2D eigenvalue weighted by Gasteiger charge is 2.18. The van der Waals surface area contributed by atoms with E-state index < -0.39 is 16.0 Å². The summed E-state index contributed by atoms with van der Waals surface area (Å²) in [6.45, 7) is 1.86. The number of hydrogen-bond acceptors (Lipinski definition) is 5. The minimum atomic E-state index is -4.03. The Kier molecular flexibility index (Phi) is 6.91. The van der Waals surface area contributed by atoms with Gasteiger partial charge < -0.3 is 4.18 Å². The molecule has 3 rings (SSSR count). The molecule has 0 unspecified atom stereocenters. The van der Waals surface area contributed by atoms with Crippen molar-refractivity contribution in [2.45, 2.75) is 11.8 Å². The summed E-state index contributed by atoms with van der Waals surface area (Å²) < 4.78 is 31.2. The monoisotopic (exact) mass is 506 g/mol. The number of aryl methyl sites for hydroxylation is 1. The van der Waals surface area contributed by atoms with E-state index in [0.29, 0.717) is 20.6 Å². The number of amides is 1. The molecule has 0 spiro atoms. The molecule has 0 aromatic heterocycles. The van der Waals surface area contributed by atoms with Gasteiger partial charge in [0, 0.05) is 20.6 Å². The van der Waals surface area contributed by atoms with E-state index in [1.165, 1.54) is 24.4 Å². The Balaban J connectivity index is 1.79. The largest absolute Gasteiger partial charge is 0.378 e. The Bertz CT molecular complexity index is 1190. The molecule has 0 atom stereocenters. The van der Waals surface area contributed by atoms with Crippen LogP contribution in [0.1, 0.15) is 21.5 Å². The second-order valence-corrected chi connectivity index (χ2v) is 9.14. The lowest BCUT2D eigenvalue weighted by molar-refractivity contribution is 0.0955. The molecule has 154 valence electrons. The Morgan fingerprint density at radius 2 is 1.73 bits per heavy atom. The predicted molar refractivity (Wildman–Crippen MR) is 120 cm³/mol. The van der Waals surface area contributed by atoms with Crippen LogP contribution >= 0.6 is 27.5 Å². The first-order valence-corrected chi connectivity index (χ1v) is 11.2. The van der Waals surface area contributed by atoms with Crippen LogP contribution in [0, 0.1) is 6.92 Å². The summed E-state index contributed by atoms with van der Waals surface area (Å²) in [5.41, 5.74) is 4.05. The van der Waals surface area contributed by atoms with Gasteiger partial charge in [0.05, 0.1) is 6.21 Å². The summed E-state index contributed by atoms with van der Waals surface area (Å²) in [7, 11) is -4.03. The van der Waals surface area contributed by atoms with Crippen molar-refractivity contribution < 1.29 is 17.4 Å². The minimum Gasteiger partial charge on any atom is -0.378 e. The third kappa shape index (κ3) is 5.69. The van der Waals surface area contributed by atoms with Crippen molar-refractivity contribution >= 4 is 49.8 Å². The molecule has 3 aromatic rings. The predicted octanol–water partition coefficient (Wildman–Crippen LogP) is 4.94. The van der Waals surface area contributed by atoms with Gasteiger partial charge >= 0.3 is 10.1 Å². The lowest BCUT2D eigenvalue weighted by Gasteiger charge is -2.10. The van der Waals surface area contributed by atoms with Gasteiger partial charge in [0.1, 0.15) is 4.90 Å². The summed E-state index contributed by atoms with van der Waals surface area (Å²) in [5.74, 6) is -0.365. The number of nitrogens with one attached hydrogen (secondary N) is 1. The molecular weight excluding hydrogens is 492 g/mol. The number of nitrogens with zero attached hydrogens (tertiary/aromatic N) is 1. The molecule has 30 heavy (non-hydrogen) atoms. The number of hydrogen-bond donors (Lipinski definition) is 1. The van der Waals surface area contributed by atoms with Crippen molar-refractivity contribution in [3.8, 4) is 5.75 Å². The SMILES string of the molecule is Cc1ccc(S(=O)(=O)Oc2ccc(Br)cc2C=NNC(=O)c2ccc(Cl)cc2)cc1. The van der Waals surface area contributed by atoms with E-state index in [-0.39, 0.29) is 10.6 Å². The molecule has 0 fully saturated rings. The highest BCUT2D eigenvalue weighted by atomic mass is 79.9. The molecule has 1 amide bonds. The number of halogens is 2. The smallest absolute Gasteiger partial charge is 0.339 e. The van der Waals surface area contributed by atoms with Crippen LogP contribution < -0.4 is 9.61 Å². The van der Waals surface area contributed by atoms with Crippen LogP contribution in [0.5, 0.6) is 5.75 Å². The second-order valence-electron chi connectivity index (χ2n) is 6.24. The van der Waals surface area contributed by atoms with Crippen LogP contribution in [0.4, 0.5) is 0 Å². The van der Waals surface area contributed by atoms with Gasteiger partial charge in [-0.1, -0.05) is 45.2 Å². The molecular formula is C21H16BrClN2O4S. The lowest BCUT2D eigenvalue weighted by Crippen LogP contribution is -2.17. The average molecular weight is 508 g/mol. The van der Waals surface area contributed by atoms with Gasteiger partial charge in [0.25, 0.3) is 5.91 Å². The van der Waals surface area contributed by atoms with Gasteiger partial charge in [-0.25, -0.2) is 5.43 Å². The number of hydrazone groups is 1. The molecule has 0 radical (unpaired) electrons. The third-order valence-corrected chi connectivity index (χ3v) is 5.95. The number of rotatable bonds is 6. The normalized spacial score (nSPS) is 11.4. The zero-order valence-electron chi connectivity index (χ0n) is 15.7. The van der Waals surface area contributed by atoms with Crippen molar-refractivity contribution in [2.24, 2.45) is 5.10 Å². The molecule has 6 nitrogen and oxygen atoms in total. The summed E-state index contributed by atoms with van der Waals surface area (Å²) >= 11 is 9.14. The molecule has 0 aliphatic carbocycles. The van der Waals surface area contributed by atoms with Crippen LogP contribution in [0.15, 0.2) is 81.2 Å². The molecule has 1 N–H and O–H groups in total. The molecule has 0 heterocycles. The number of carbonyl (C=O) groups excluding carboxylic acids is 1. The van der Waals surface area contributed by atoms with E-state index >= 15 is 0 Å². The van der Waals surface area contributed by atoms with Crippen molar-refractivity contribution in [3.63, 3.8) is 0 Å². The fourth-order valence-electron chi connectivity index (χ4n) is 2.39. The van der Waals surface area contributed by atoms with Crippen molar-refractivity contribution in [1.29, 1.82) is 0 Å². The summed E-state index contributed by atoms with van der Waals surface area (Å²) in [6, 6.07) is 17.4. The standard InChI is InChI=1S/C21H16BrClN2O4S/c1-14-2-9-19(10-3-14)30(27,28)29-20-11-6-17(22)12-16(20)13-24-25-21(26)15-4-7-18(23)8-5-15/h2-13H,1H3,(H,25,26). The van der Waals surface area contributed by atoms with Gasteiger partial charge in [0.15, 0.2) is 5.75 Å². The maximum Gasteiger partial charge on any atom is 0.339 e. The van der Waals surface area contributed by atoms with Gasteiger partial charge in [-0.3, -0.25) is 4.79 Å². The molecule has 0 saturated carbocycles. The van der Waals surface area contributed by atoms with Gasteiger partial charge in [-0.2, -0.15) is 13.5 Å². The molecule has 0 bridgehead atoms. The Morgan fingerprint density at radius 1 is 1.07 bits per heavy atom. The maximum atomic E-state index is 12.6. The van der Waals surface area contributed by atoms with Crippen LogP contribution in [0.3, 0.4) is 0 Å². The van der Waals surface area contributed by atoms with Gasteiger partial charge in [-0.05, 0) is 61.5 Å². The zero-order chi connectivity index (χ0) is 21.7. The van der Waals surface area contributed by atoms with Crippen molar-refractivity contribution in [2.75, 3.05) is 0 Å². The van der Waals surface area contributed by atoms with Crippen LogP contribution in [0.25, 0.3) is 0 Å². The topological polar surface area (TPSA) is 84.8 Å². The van der Waals surface area contributed by atoms with E-state index in [1.807, 2.05) is 6.92 Å². The quantitative estimate of drug-likeness (QED) is 0.291.